The lowest BCUT2D eigenvalue weighted by molar-refractivity contribution is 0.0937. The van der Waals surface area contributed by atoms with E-state index in [1.807, 2.05) is 49.6 Å². The van der Waals surface area contributed by atoms with Crippen LogP contribution in [0.15, 0.2) is 67.1 Å². The predicted molar refractivity (Wildman–Crippen MR) is 128 cm³/mol. The number of nitrogens with one attached hydrogen (secondary N) is 1. The molecule has 1 aliphatic heterocycles. The number of nitrogen functional groups attached to an aromatic ring is 1. The van der Waals surface area contributed by atoms with Gasteiger partial charge in [-0.05, 0) is 35.4 Å². The molecule has 34 heavy (non-hydrogen) atoms. The minimum atomic E-state index is -0.438. The van der Waals surface area contributed by atoms with Crippen LogP contribution in [-0.2, 0) is 7.05 Å². The van der Waals surface area contributed by atoms with Crippen molar-refractivity contribution in [1.82, 2.24) is 25.0 Å². The second-order valence-corrected chi connectivity index (χ2v) is 8.34. The van der Waals surface area contributed by atoms with Gasteiger partial charge in [-0.3, -0.25) is 9.48 Å². The molecule has 0 spiro atoms. The first-order valence-corrected chi connectivity index (χ1v) is 11.0. The maximum absolute atomic E-state index is 12.9. The Bertz CT molecular complexity index is 1380. The summed E-state index contributed by atoms with van der Waals surface area (Å²) in [6.07, 6.45) is 5.33. The van der Waals surface area contributed by atoms with E-state index in [0.29, 0.717) is 30.8 Å². The average molecular weight is 457 g/mol. The second-order valence-electron chi connectivity index (χ2n) is 8.34. The van der Waals surface area contributed by atoms with E-state index >= 15 is 0 Å². The van der Waals surface area contributed by atoms with Crippen LogP contribution in [0.2, 0.25) is 0 Å². The Morgan fingerprint density at radius 1 is 1.09 bits per heavy atom. The third kappa shape index (κ3) is 4.40. The number of benzene rings is 2. The van der Waals surface area contributed by atoms with Gasteiger partial charge >= 0.3 is 6.09 Å². The van der Waals surface area contributed by atoms with Crippen molar-refractivity contribution in [2.45, 2.75) is 12.5 Å². The first kappa shape index (κ1) is 21.4. The minimum absolute atomic E-state index is 0.149. The molecule has 0 radical (unpaired) electrons. The van der Waals surface area contributed by atoms with Gasteiger partial charge in [-0.25, -0.2) is 9.78 Å². The number of carbonyl (C=O) groups is 2. The Kier molecular flexibility index (Phi) is 5.59. The molecule has 1 fully saturated rings. The Morgan fingerprint density at radius 3 is 2.71 bits per heavy atom. The van der Waals surface area contributed by atoms with Gasteiger partial charge in [-0.15, -0.1) is 0 Å². The van der Waals surface area contributed by atoms with Gasteiger partial charge in [0.2, 0.25) is 0 Å². The van der Waals surface area contributed by atoms with Crippen LogP contribution in [0.3, 0.4) is 0 Å². The Labute approximate surface area is 196 Å². The largest absolute Gasteiger partial charge is 0.415 e. The maximum atomic E-state index is 12.9. The summed E-state index contributed by atoms with van der Waals surface area (Å²) < 4.78 is 7.24. The predicted octanol–water partition coefficient (Wildman–Crippen LogP) is 3.22. The van der Waals surface area contributed by atoms with Crippen molar-refractivity contribution in [3.63, 3.8) is 0 Å². The minimum Gasteiger partial charge on any atom is -0.410 e. The highest BCUT2D eigenvalue weighted by Gasteiger charge is 2.29. The van der Waals surface area contributed by atoms with Gasteiger partial charge in [-0.1, -0.05) is 30.3 Å². The maximum Gasteiger partial charge on any atom is 0.415 e. The van der Waals surface area contributed by atoms with Crippen LogP contribution >= 0.6 is 0 Å². The average Bonchev–Trinajstić information content (AvgIpc) is 3.48. The molecule has 172 valence electrons. The summed E-state index contributed by atoms with van der Waals surface area (Å²) in [5.74, 6) is 0.309. The fourth-order valence-corrected chi connectivity index (χ4v) is 4.09. The van der Waals surface area contributed by atoms with Gasteiger partial charge in [0, 0.05) is 49.7 Å². The fourth-order valence-electron chi connectivity index (χ4n) is 4.09. The fraction of sp³-hybridized carbons (Fsp3) is 0.200. The number of amides is 2. The SMILES string of the molecule is Cn1cc(-c2cnc(N)c(C(=O)N[C@@H]3CCN(C(=O)Oc4ccc5ccccc5c4)C3)c2)cn1. The summed E-state index contributed by atoms with van der Waals surface area (Å²) in [4.78, 5) is 31.3. The van der Waals surface area contributed by atoms with Gasteiger partial charge in [0.15, 0.2) is 0 Å². The van der Waals surface area contributed by atoms with Crippen LogP contribution in [0.5, 0.6) is 5.75 Å². The highest BCUT2D eigenvalue weighted by atomic mass is 16.6. The van der Waals surface area contributed by atoms with E-state index in [2.05, 4.69) is 15.4 Å². The molecule has 1 saturated heterocycles. The van der Waals surface area contributed by atoms with Gasteiger partial charge in [0.1, 0.15) is 11.6 Å². The molecule has 0 unspecified atom stereocenters. The summed E-state index contributed by atoms with van der Waals surface area (Å²) in [5.41, 5.74) is 7.85. The van der Waals surface area contributed by atoms with Crippen LogP contribution in [0, 0.1) is 0 Å². The third-order valence-corrected chi connectivity index (χ3v) is 5.91. The molecule has 2 aromatic heterocycles. The number of nitrogens with zero attached hydrogens (tertiary/aromatic N) is 4. The smallest absolute Gasteiger partial charge is 0.410 e. The number of anilines is 1. The zero-order chi connectivity index (χ0) is 23.7. The quantitative estimate of drug-likeness (QED) is 0.487. The monoisotopic (exact) mass is 456 g/mol. The lowest BCUT2D eigenvalue weighted by Gasteiger charge is -2.17. The molecule has 0 aliphatic carbocycles. The number of aromatic nitrogens is 3. The number of nitrogens with two attached hydrogens (primary N) is 1. The van der Waals surface area contributed by atoms with E-state index in [-0.39, 0.29) is 17.8 Å². The van der Waals surface area contributed by atoms with Crippen molar-refractivity contribution < 1.29 is 14.3 Å². The number of pyridine rings is 1. The Hall–Kier alpha value is -4.40. The van der Waals surface area contributed by atoms with E-state index in [9.17, 15) is 9.59 Å². The highest BCUT2D eigenvalue weighted by molar-refractivity contribution is 5.99. The van der Waals surface area contributed by atoms with Crippen molar-refractivity contribution in [1.29, 1.82) is 0 Å². The molecule has 3 N–H and O–H groups in total. The molecule has 1 aliphatic rings. The van der Waals surface area contributed by atoms with Crippen molar-refractivity contribution in [2.75, 3.05) is 18.8 Å². The number of hydrogen-bond donors (Lipinski definition) is 2. The lowest BCUT2D eigenvalue weighted by Crippen LogP contribution is -2.39. The molecular weight excluding hydrogens is 432 g/mol. The van der Waals surface area contributed by atoms with Crippen molar-refractivity contribution in [2.24, 2.45) is 7.05 Å². The molecular formula is C25H24N6O3. The van der Waals surface area contributed by atoms with Crippen molar-refractivity contribution >= 4 is 28.6 Å². The molecule has 1 atom stereocenters. The molecule has 0 bridgehead atoms. The molecule has 9 nitrogen and oxygen atoms in total. The molecule has 3 heterocycles. The number of rotatable bonds is 4. The third-order valence-electron chi connectivity index (χ3n) is 5.91. The van der Waals surface area contributed by atoms with Crippen LogP contribution in [0.1, 0.15) is 16.8 Å². The number of aryl methyl sites for hydroxylation is 1. The van der Waals surface area contributed by atoms with Gasteiger partial charge < -0.3 is 20.7 Å². The standard InChI is InChI=1S/C25H24N6O3/c1-30-14-19(13-28-30)18-11-22(23(26)27-12-18)24(32)29-20-8-9-31(15-20)25(33)34-21-7-6-16-4-2-3-5-17(16)10-21/h2-7,10-14,20H,8-9,15H2,1H3,(H2,26,27)(H,29,32)/t20-/m1/s1. The molecule has 5 rings (SSSR count). The van der Waals surface area contributed by atoms with Crippen molar-refractivity contribution in [3.05, 3.63) is 72.7 Å². The van der Waals surface area contributed by atoms with E-state index in [1.54, 1.807) is 34.1 Å². The van der Waals surface area contributed by atoms with E-state index in [4.69, 9.17) is 10.5 Å². The molecule has 0 saturated carbocycles. The van der Waals surface area contributed by atoms with Crippen LogP contribution in [-0.4, -0.2) is 50.8 Å². The number of likely N-dealkylation sites (tertiary alicyclic amines) is 1. The topological polar surface area (TPSA) is 115 Å². The molecule has 4 aromatic rings. The number of ether oxygens (including phenoxy) is 1. The summed E-state index contributed by atoms with van der Waals surface area (Å²) in [6.45, 7) is 0.842. The zero-order valence-corrected chi connectivity index (χ0v) is 18.6. The molecule has 2 amide bonds. The molecule has 9 heteroatoms. The first-order valence-electron chi connectivity index (χ1n) is 11.0. The van der Waals surface area contributed by atoms with Gasteiger partial charge in [0.25, 0.3) is 5.91 Å². The summed E-state index contributed by atoms with van der Waals surface area (Å²) >= 11 is 0. The van der Waals surface area contributed by atoms with Gasteiger partial charge in [0.05, 0.1) is 11.8 Å². The second kappa shape index (κ2) is 8.86. The normalized spacial score (nSPS) is 15.4. The lowest BCUT2D eigenvalue weighted by atomic mass is 10.1. The van der Waals surface area contributed by atoms with E-state index in [1.165, 1.54) is 0 Å². The van der Waals surface area contributed by atoms with Crippen LogP contribution in [0.4, 0.5) is 10.6 Å². The van der Waals surface area contributed by atoms with Gasteiger partial charge in [-0.2, -0.15) is 5.10 Å². The Morgan fingerprint density at radius 2 is 1.91 bits per heavy atom. The van der Waals surface area contributed by atoms with Crippen LogP contribution < -0.4 is 15.8 Å². The van der Waals surface area contributed by atoms with E-state index in [0.717, 1.165) is 21.9 Å². The first-order chi connectivity index (χ1) is 16.5. The number of fused-ring (bicyclic) bond motifs is 1. The Balaban J connectivity index is 1.22. The van der Waals surface area contributed by atoms with E-state index < -0.39 is 6.09 Å². The van der Waals surface area contributed by atoms with Crippen LogP contribution in [0.25, 0.3) is 21.9 Å². The number of hydrogen-bond acceptors (Lipinski definition) is 6. The highest BCUT2D eigenvalue weighted by Crippen LogP contribution is 2.23. The summed E-state index contributed by atoms with van der Waals surface area (Å²) in [6, 6.07) is 14.9. The number of carbonyl (C=O) groups excluding carboxylic acids is 2. The van der Waals surface area contributed by atoms with Crippen molar-refractivity contribution in [3.8, 4) is 16.9 Å². The summed E-state index contributed by atoms with van der Waals surface area (Å²) in [7, 11) is 1.82. The molecule has 2 aromatic carbocycles. The summed E-state index contributed by atoms with van der Waals surface area (Å²) in [5, 5.41) is 9.19. The zero-order valence-electron chi connectivity index (χ0n) is 18.6.